The molecule has 0 radical (unpaired) electrons. The molecule has 9 heteroatoms. The molecule has 194 valence electrons. The molecule has 1 N–H and O–H groups in total. The van der Waals surface area contributed by atoms with Gasteiger partial charge < -0.3 is 9.64 Å². The van der Waals surface area contributed by atoms with Crippen molar-refractivity contribution in [3.63, 3.8) is 0 Å². The molecule has 1 aliphatic carbocycles. The standard InChI is InChI=1S/C28H29F2N3O4/c29-21-5-3-4-19(26(21)30)17-13-32(14-17)22-6-1-2-7-24(22)37-18-8-9-20-16(12-18)15-33(28(20)36)23-10-11-25(34)31-27(23)35/h3-5,8-9,12,17,22-24H,1-2,6-7,10-11,13-15H2,(H,31,34,35)/t22-,23?,24+/m0/s1. The molecule has 1 unspecified atom stereocenters. The Morgan fingerprint density at radius 2 is 1.78 bits per heavy atom. The molecule has 3 amide bonds. The number of halogens is 2. The molecule has 3 atom stereocenters. The average molecular weight is 510 g/mol. The number of rotatable bonds is 5. The van der Waals surface area contributed by atoms with Gasteiger partial charge in [-0.15, -0.1) is 0 Å². The van der Waals surface area contributed by atoms with E-state index >= 15 is 0 Å². The molecule has 0 spiro atoms. The smallest absolute Gasteiger partial charge is 0.255 e. The van der Waals surface area contributed by atoms with E-state index in [1.54, 1.807) is 24.3 Å². The van der Waals surface area contributed by atoms with Gasteiger partial charge in [-0.05, 0) is 61.1 Å². The Hall–Kier alpha value is -3.33. The Morgan fingerprint density at radius 3 is 2.59 bits per heavy atom. The van der Waals surface area contributed by atoms with Gasteiger partial charge in [0, 0.05) is 43.6 Å². The fourth-order valence-electron chi connectivity index (χ4n) is 6.25. The minimum atomic E-state index is -0.805. The van der Waals surface area contributed by atoms with Crippen LogP contribution in [-0.2, 0) is 16.1 Å². The van der Waals surface area contributed by atoms with E-state index in [-0.39, 0.29) is 36.3 Å². The van der Waals surface area contributed by atoms with Crippen LogP contribution in [0.2, 0.25) is 0 Å². The fraction of sp³-hybridized carbons (Fsp3) is 0.464. The molecule has 2 aromatic rings. The Kier molecular flexibility index (Phi) is 6.18. The highest BCUT2D eigenvalue weighted by Crippen LogP contribution is 2.37. The van der Waals surface area contributed by atoms with E-state index < -0.39 is 23.6 Å². The van der Waals surface area contributed by atoms with Gasteiger partial charge in [0.25, 0.3) is 5.91 Å². The molecule has 3 aliphatic heterocycles. The van der Waals surface area contributed by atoms with Crippen molar-refractivity contribution in [2.24, 2.45) is 0 Å². The van der Waals surface area contributed by atoms with E-state index in [0.717, 1.165) is 37.3 Å². The molecule has 4 aliphatic rings. The third-order valence-electron chi connectivity index (χ3n) is 8.25. The number of carbonyl (C=O) groups is 3. The van der Waals surface area contributed by atoms with Crippen LogP contribution in [0.1, 0.15) is 65.9 Å². The van der Waals surface area contributed by atoms with E-state index in [1.807, 2.05) is 6.07 Å². The van der Waals surface area contributed by atoms with Gasteiger partial charge in [-0.1, -0.05) is 18.6 Å². The summed E-state index contributed by atoms with van der Waals surface area (Å²) in [6, 6.07) is 9.35. The van der Waals surface area contributed by atoms with Crippen LogP contribution in [0, 0.1) is 11.6 Å². The summed E-state index contributed by atoms with van der Waals surface area (Å²) in [7, 11) is 0. The Morgan fingerprint density at radius 1 is 0.973 bits per heavy atom. The second-order valence-electron chi connectivity index (χ2n) is 10.5. The van der Waals surface area contributed by atoms with E-state index in [4.69, 9.17) is 4.74 Å². The lowest BCUT2D eigenvalue weighted by Crippen LogP contribution is -2.57. The summed E-state index contributed by atoms with van der Waals surface area (Å²) in [6.45, 7) is 1.65. The predicted molar refractivity (Wildman–Crippen MR) is 130 cm³/mol. The van der Waals surface area contributed by atoms with Crippen LogP contribution in [0.5, 0.6) is 5.75 Å². The lowest BCUT2D eigenvalue weighted by molar-refractivity contribution is -0.136. The number of hydrogen-bond donors (Lipinski definition) is 1. The molecule has 0 bridgehead atoms. The number of nitrogens with one attached hydrogen (secondary N) is 1. The topological polar surface area (TPSA) is 79.0 Å². The highest BCUT2D eigenvalue weighted by molar-refractivity contribution is 6.05. The van der Waals surface area contributed by atoms with Gasteiger partial charge in [0.2, 0.25) is 11.8 Å². The SMILES string of the molecule is O=C1CCC(N2Cc3cc(O[C@@H]4CCCC[C@@H]4N4CC(c5cccc(F)c5F)C4)ccc3C2=O)C(=O)N1. The molecular formula is C28H29F2N3O4. The molecule has 3 fully saturated rings. The largest absolute Gasteiger partial charge is 0.489 e. The first-order valence-corrected chi connectivity index (χ1v) is 13.0. The number of imide groups is 1. The number of fused-ring (bicyclic) bond motifs is 1. The van der Waals surface area contributed by atoms with Crippen molar-refractivity contribution >= 4 is 17.7 Å². The molecule has 1 saturated carbocycles. The monoisotopic (exact) mass is 509 g/mol. The second-order valence-corrected chi connectivity index (χ2v) is 10.5. The summed E-state index contributed by atoms with van der Waals surface area (Å²) in [5.74, 6) is -1.83. The van der Waals surface area contributed by atoms with E-state index in [2.05, 4.69) is 10.2 Å². The average Bonchev–Trinajstić information content (AvgIpc) is 3.17. The molecule has 6 rings (SSSR count). The minimum absolute atomic E-state index is 0.0254. The molecule has 7 nitrogen and oxygen atoms in total. The number of carbonyl (C=O) groups excluding carboxylic acids is 3. The van der Waals surface area contributed by atoms with Gasteiger partial charge in [-0.3, -0.25) is 24.6 Å². The third-order valence-corrected chi connectivity index (χ3v) is 8.25. The molecule has 37 heavy (non-hydrogen) atoms. The molecular weight excluding hydrogens is 480 g/mol. The number of hydrogen-bond acceptors (Lipinski definition) is 5. The summed E-state index contributed by atoms with van der Waals surface area (Å²) in [6.07, 6.45) is 4.55. The van der Waals surface area contributed by atoms with Crippen molar-refractivity contribution in [3.05, 3.63) is 64.7 Å². The van der Waals surface area contributed by atoms with Gasteiger partial charge >= 0.3 is 0 Å². The Labute approximate surface area is 213 Å². The maximum absolute atomic E-state index is 14.2. The first kappa shape index (κ1) is 24.0. The summed E-state index contributed by atoms with van der Waals surface area (Å²) < 4.78 is 34.4. The summed E-state index contributed by atoms with van der Waals surface area (Å²) >= 11 is 0. The quantitative estimate of drug-likeness (QED) is 0.625. The van der Waals surface area contributed by atoms with Crippen LogP contribution >= 0.6 is 0 Å². The number of amides is 3. The van der Waals surface area contributed by atoms with E-state index in [0.29, 0.717) is 42.9 Å². The zero-order valence-electron chi connectivity index (χ0n) is 20.4. The van der Waals surface area contributed by atoms with Crippen molar-refractivity contribution in [1.29, 1.82) is 0 Å². The lowest BCUT2D eigenvalue weighted by Gasteiger charge is -2.48. The first-order chi connectivity index (χ1) is 17.9. The zero-order valence-corrected chi connectivity index (χ0v) is 20.4. The summed E-state index contributed by atoms with van der Waals surface area (Å²) in [4.78, 5) is 40.6. The van der Waals surface area contributed by atoms with E-state index in [9.17, 15) is 23.2 Å². The van der Waals surface area contributed by atoms with Crippen LogP contribution < -0.4 is 10.1 Å². The fourth-order valence-corrected chi connectivity index (χ4v) is 6.25. The molecule has 2 aromatic carbocycles. The van der Waals surface area contributed by atoms with Crippen molar-refractivity contribution < 1.29 is 27.9 Å². The number of likely N-dealkylation sites (tertiary alicyclic amines) is 1. The summed E-state index contributed by atoms with van der Waals surface area (Å²) in [5.41, 5.74) is 1.80. The normalized spacial score (nSPS) is 26.6. The van der Waals surface area contributed by atoms with E-state index in [1.165, 1.54) is 4.90 Å². The minimum Gasteiger partial charge on any atom is -0.489 e. The molecule has 3 heterocycles. The third kappa shape index (κ3) is 4.39. The van der Waals surface area contributed by atoms with Crippen molar-refractivity contribution in [2.75, 3.05) is 13.1 Å². The molecule has 2 saturated heterocycles. The Bertz CT molecular complexity index is 1260. The van der Waals surface area contributed by atoms with Gasteiger partial charge in [0.1, 0.15) is 17.9 Å². The van der Waals surface area contributed by atoms with Gasteiger partial charge in [-0.2, -0.15) is 0 Å². The lowest BCUT2D eigenvalue weighted by atomic mass is 9.84. The first-order valence-electron chi connectivity index (χ1n) is 13.0. The van der Waals surface area contributed by atoms with Gasteiger partial charge in [0.05, 0.1) is 0 Å². The Balaban J connectivity index is 1.12. The maximum atomic E-state index is 14.2. The van der Waals surface area contributed by atoms with Crippen molar-refractivity contribution in [3.8, 4) is 5.75 Å². The van der Waals surface area contributed by atoms with Crippen molar-refractivity contribution in [1.82, 2.24) is 15.1 Å². The second kappa shape index (κ2) is 9.52. The van der Waals surface area contributed by atoms with Crippen LogP contribution in [0.3, 0.4) is 0 Å². The van der Waals surface area contributed by atoms with Gasteiger partial charge in [-0.25, -0.2) is 8.78 Å². The van der Waals surface area contributed by atoms with Crippen LogP contribution in [0.15, 0.2) is 36.4 Å². The highest BCUT2D eigenvalue weighted by atomic mass is 19.2. The number of ether oxygens (including phenoxy) is 1. The van der Waals surface area contributed by atoms with Crippen molar-refractivity contribution in [2.45, 2.75) is 69.2 Å². The number of benzene rings is 2. The van der Waals surface area contributed by atoms with Crippen LogP contribution in [0.4, 0.5) is 8.78 Å². The highest BCUT2D eigenvalue weighted by Gasteiger charge is 2.41. The maximum Gasteiger partial charge on any atom is 0.255 e. The zero-order chi connectivity index (χ0) is 25.7. The van der Waals surface area contributed by atoms with Crippen LogP contribution in [0.25, 0.3) is 0 Å². The molecule has 0 aromatic heterocycles. The predicted octanol–water partition coefficient (Wildman–Crippen LogP) is 3.52. The summed E-state index contributed by atoms with van der Waals surface area (Å²) in [5, 5.41) is 2.32. The van der Waals surface area contributed by atoms with Gasteiger partial charge in [0.15, 0.2) is 11.6 Å². The number of piperidine rings is 1. The van der Waals surface area contributed by atoms with Crippen LogP contribution in [-0.4, -0.2) is 58.8 Å². The number of nitrogens with zero attached hydrogens (tertiary/aromatic N) is 2.